The molecule has 0 aliphatic heterocycles. The van der Waals surface area contributed by atoms with E-state index in [-0.39, 0.29) is 12.4 Å². The molecule has 0 saturated carbocycles. The third-order valence-electron chi connectivity index (χ3n) is 3.70. The van der Waals surface area contributed by atoms with Crippen LogP contribution in [0.25, 0.3) is 22.4 Å². The summed E-state index contributed by atoms with van der Waals surface area (Å²) in [7, 11) is 0. The number of hydrogen-bond donors (Lipinski definition) is 3. The number of aromatic amines is 2. The van der Waals surface area contributed by atoms with Crippen molar-refractivity contribution >= 4 is 22.9 Å². The standard InChI is InChI=1S/C15H15F3N8O/c1-2-10(13(27)21-5-15(16,17)18)25-14-24-7-23-12(26-14)9-4-20-11-8(9)3-19-6-22-11/h3-4,6-7,10H,2,5H2,1H3,(H,21,27)(H,19,20,22)(H,23,24,25,26)/p+1/t10-/m1/s1. The van der Waals surface area contributed by atoms with Crippen molar-refractivity contribution in [2.75, 3.05) is 11.9 Å². The van der Waals surface area contributed by atoms with Crippen molar-refractivity contribution in [1.29, 1.82) is 0 Å². The van der Waals surface area contributed by atoms with E-state index in [4.69, 9.17) is 0 Å². The number of anilines is 1. The molecule has 0 fully saturated rings. The molecule has 12 heteroatoms. The van der Waals surface area contributed by atoms with E-state index in [1.165, 1.54) is 12.7 Å². The van der Waals surface area contributed by atoms with E-state index in [0.29, 0.717) is 17.0 Å². The van der Waals surface area contributed by atoms with Gasteiger partial charge < -0.3 is 15.6 Å². The van der Waals surface area contributed by atoms with Gasteiger partial charge in [0.25, 0.3) is 12.0 Å². The number of nitrogens with zero attached hydrogens (tertiary/aromatic N) is 4. The van der Waals surface area contributed by atoms with E-state index in [2.05, 4.69) is 35.2 Å². The average Bonchev–Trinajstić information content (AvgIpc) is 3.08. The van der Waals surface area contributed by atoms with E-state index in [1.54, 1.807) is 19.3 Å². The molecule has 3 heterocycles. The molecule has 1 atom stereocenters. The van der Waals surface area contributed by atoms with Crippen LogP contribution >= 0.6 is 0 Å². The average molecular weight is 381 g/mol. The van der Waals surface area contributed by atoms with Crippen LogP contribution in [0.15, 0.2) is 25.0 Å². The maximum absolute atomic E-state index is 12.3. The fourth-order valence-corrected chi connectivity index (χ4v) is 2.40. The highest BCUT2D eigenvalue weighted by Crippen LogP contribution is 2.23. The Balaban J connectivity index is 1.78. The van der Waals surface area contributed by atoms with Crippen LogP contribution in [0.3, 0.4) is 0 Å². The van der Waals surface area contributed by atoms with Gasteiger partial charge in [0.1, 0.15) is 25.1 Å². The van der Waals surface area contributed by atoms with Crippen molar-refractivity contribution < 1.29 is 22.9 Å². The highest BCUT2D eigenvalue weighted by atomic mass is 19.4. The number of fused-ring (bicyclic) bond motifs is 1. The lowest BCUT2D eigenvalue weighted by atomic mass is 10.2. The molecule has 1 amide bonds. The van der Waals surface area contributed by atoms with Gasteiger partial charge in [-0.05, 0) is 11.4 Å². The number of hydrogen-bond acceptors (Lipinski definition) is 6. The first-order valence-corrected chi connectivity index (χ1v) is 8.01. The molecular weight excluding hydrogens is 365 g/mol. The van der Waals surface area contributed by atoms with Crippen molar-refractivity contribution in [1.82, 2.24) is 30.2 Å². The maximum Gasteiger partial charge on any atom is 0.405 e. The minimum absolute atomic E-state index is 0.0798. The van der Waals surface area contributed by atoms with E-state index >= 15 is 0 Å². The molecule has 0 unspecified atom stereocenters. The molecule has 0 radical (unpaired) electrons. The Morgan fingerprint density at radius 1 is 1.33 bits per heavy atom. The van der Waals surface area contributed by atoms with Gasteiger partial charge in [-0.15, -0.1) is 0 Å². The van der Waals surface area contributed by atoms with Crippen LogP contribution in [-0.2, 0) is 4.79 Å². The van der Waals surface area contributed by atoms with Gasteiger partial charge in [-0.3, -0.25) is 4.79 Å². The molecule has 4 N–H and O–H groups in total. The first-order chi connectivity index (χ1) is 12.9. The first kappa shape index (κ1) is 18.5. The van der Waals surface area contributed by atoms with Gasteiger partial charge in [-0.2, -0.15) is 18.2 Å². The summed E-state index contributed by atoms with van der Waals surface area (Å²) in [5.74, 6) is -0.385. The Kier molecular flexibility index (Phi) is 5.14. The second-order valence-electron chi connectivity index (χ2n) is 5.60. The Morgan fingerprint density at radius 3 is 2.89 bits per heavy atom. The molecule has 0 bridgehead atoms. The number of amides is 1. The van der Waals surface area contributed by atoms with Crippen molar-refractivity contribution in [2.45, 2.75) is 25.6 Å². The van der Waals surface area contributed by atoms with Crippen LogP contribution < -0.4 is 15.6 Å². The maximum atomic E-state index is 12.3. The van der Waals surface area contributed by atoms with E-state index < -0.39 is 24.7 Å². The molecule has 0 aliphatic rings. The molecule has 3 aromatic heterocycles. The molecule has 27 heavy (non-hydrogen) atoms. The zero-order valence-electron chi connectivity index (χ0n) is 14.1. The van der Waals surface area contributed by atoms with E-state index in [9.17, 15) is 18.0 Å². The largest absolute Gasteiger partial charge is 0.405 e. The lowest BCUT2D eigenvalue weighted by Gasteiger charge is -2.17. The summed E-state index contributed by atoms with van der Waals surface area (Å²) < 4.78 is 36.8. The monoisotopic (exact) mass is 381 g/mol. The number of nitrogens with one attached hydrogen (secondary N) is 4. The summed E-state index contributed by atoms with van der Waals surface area (Å²) >= 11 is 0. The summed E-state index contributed by atoms with van der Waals surface area (Å²) in [5, 5.41) is 5.34. The highest BCUT2D eigenvalue weighted by Gasteiger charge is 2.29. The summed E-state index contributed by atoms with van der Waals surface area (Å²) in [6, 6.07) is -0.916. The van der Waals surface area contributed by atoms with Crippen molar-refractivity contribution in [3.05, 3.63) is 25.0 Å². The number of halogens is 3. The first-order valence-electron chi connectivity index (χ1n) is 8.01. The predicted octanol–water partition coefficient (Wildman–Crippen LogP) is 1.10. The third-order valence-corrected chi connectivity index (χ3v) is 3.70. The number of H-pyrrole nitrogens is 2. The molecule has 142 valence electrons. The van der Waals surface area contributed by atoms with Crippen LogP contribution in [0, 0.1) is 0 Å². The van der Waals surface area contributed by atoms with Gasteiger partial charge in [-0.1, -0.05) is 6.92 Å². The van der Waals surface area contributed by atoms with Crippen molar-refractivity contribution in [2.24, 2.45) is 0 Å². The smallest absolute Gasteiger partial charge is 0.345 e. The topological polar surface area (TPSA) is 123 Å². The predicted molar refractivity (Wildman–Crippen MR) is 88.2 cm³/mol. The second-order valence-corrected chi connectivity index (χ2v) is 5.60. The van der Waals surface area contributed by atoms with Gasteiger partial charge in [0, 0.05) is 6.20 Å². The van der Waals surface area contributed by atoms with Crippen molar-refractivity contribution in [3.8, 4) is 11.4 Å². The number of aromatic nitrogens is 6. The van der Waals surface area contributed by atoms with Crippen LogP contribution in [0.5, 0.6) is 0 Å². The fraction of sp³-hybridized carbons (Fsp3) is 0.333. The van der Waals surface area contributed by atoms with Gasteiger partial charge in [0.05, 0.1) is 10.9 Å². The molecule has 0 saturated heterocycles. The zero-order valence-corrected chi connectivity index (χ0v) is 14.1. The van der Waals surface area contributed by atoms with E-state index in [1.807, 2.05) is 5.32 Å². The molecule has 0 spiro atoms. The van der Waals surface area contributed by atoms with Crippen molar-refractivity contribution in [3.63, 3.8) is 0 Å². The van der Waals surface area contributed by atoms with Gasteiger partial charge >= 0.3 is 6.18 Å². The molecule has 0 aliphatic carbocycles. The molecule has 9 nitrogen and oxygen atoms in total. The number of carbonyl (C=O) groups is 1. The SMILES string of the molecule is CC[C@@H](Nc1ncnc(-c2c[nH]c3nc[nH+]cc23)n1)C(=O)NCC(F)(F)F. The summed E-state index contributed by atoms with van der Waals surface area (Å²) in [6.45, 7) is 0.263. The van der Waals surface area contributed by atoms with Crippen LogP contribution in [0.4, 0.5) is 19.1 Å². The molecule has 3 rings (SSSR count). The Morgan fingerprint density at radius 2 is 2.15 bits per heavy atom. The lowest BCUT2D eigenvalue weighted by molar-refractivity contribution is -0.380. The quantitative estimate of drug-likeness (QED) is 0.588. The summed E-state index contributed by atoms with van der Waals surface area (Å²) in [4.78, 5) is 34.2. The van der Waals surface area contributed by atoms with Crippen LogP contribution in [-0.4, -0.2) is 49.6 Å². The highest BCUT2D eigenvalue weighted by molar-refractivity contribution is 5.90. The fourth-order valence-electron chi connectivity index (χ4n) is 2.40. The van der Waals surface area contributed by atoms with Gasteiger partial charge in [-0.25, -0.2) is 15.0 Å². The lowest BCUT2D eigenvalue weighted by Crippen LogP contribution is -2.43. The normalized spacial score (nSPS) is 12.7. The second kappa shape index (κ2) is 7.51. The van der Waals surface area contributed by atoms with Gasteiger partial charge in [0.2, 0.25) is 11.9 Å². The Hall–Kier alpha value is -3.31. The van der Waals surface area contributed by atoms with E-state index in [0.717, 1.165) is 5.39 Å². The Bertz CT molecular complexity index is 942. The number of carbonyl (C=O) groups excluding carboxylic acids is 1. The van der Waals surface area contributed by atoms with Gasteiger partial charge in [0.15, 0.2) is 5.82 Å². The summed E-state index contributed by atoms with van der Waals surface area (Å²) in [6.07, 6.45) is 1.95. The molecular formula is C15H16F3N8O+. The molecule has 0 aromatic carbocycles. The van der Waals surface area contributed by atoms with Crippen LogP contribution in [0.1, 0.15) is 13.3 Å². The Labute approximate surface area is 150 Å². The van der Waals surface area contributed by atoms with Crippen LogP contribution in [0.2, 0.25) is 0 Å². The zero-order chi connectivity index (χ0) is 19.4. The summed E-state index contributed by atoms with van der Waals surface area (Å²) in [5.41, 5.74) is 1.30. The minimum Gasteiger partial charge on any atom is -0.345 e. The third kappa shape index (κ3) is 4.46. The number of alkyl halides is 3. The number of rotatable bonds is 6. The molecule has 3 aromatic rings. The minimum atomic E-state index is -4.48.